The van der Waals surface area contributed by atoms with Gasteiger partial charge in [-0.15, -0.1) is 0 Å². The van der Waals surface area contributed by atoms with Crippen molar-refractivity contribution >= 4 is 28.7 Å². The van der Waals surface area contributed by atoms with Crippen LogP contribution in [-0.4, -0.2) is 33.5 Å². The van der Waals surface area contributed by atoms with E-state index in [1.54, 1.807) is 25.3 Å². The van der Waals surface area contributed by atoms with E-state index in [2.05, 4.69) is 5.32 Å². The van der Waals surface area contributed by atoms with Crippen molar-refractivity contribution in [1.82, 2.24) is 9.88 Å². The number of phenols is 2. The average Bonchev–Trinajstić information content (AvgIpc) is 3.29. The van der Waals surface area contributed by atoms with E-state index < -0.39 is 5.78 Å². The summed E-state index contributed by atoms with van der Waals surface area (Å²) < 4.78 is 7.64. The molecule has 5 rings (SSSR count). The summed E-state index contributed by atoms with van der Waals surface area (Å²) in [5, 5.41) is 23.3. The SMILES string of the molecule is CNC(=O)c1ccc(-c2cccc3c2c(C=C2Oc4cc(O)cc(O)c4C2=O)cn3C)cc1. The number of Topliss-reactive ketones (excluding diaryl/α,β-unsaturated/α-hetero) is 1. The van der Waals surface area contributed by atoms with Crippen LogP contribution in [-0.2, 0) is 7.05 Å². The van der Waals surface area contributed by atoms with E-state index in [1.807, 2.05) is 48.1 Å². The van der Waals surface area contributed by atoms with E-state index in [0.29, 0.717) is 5.56 Å². The number of aromatic hydroxyl groups is 2. The first-order chi connectivity index (χ1) is 15.9. The van der Waals surface area contributed by atoms with Gasteiger partial charge >= 0.3 is 0 Å². The van der Waals surface area contributed by atoms with Gasteiger partial charge in [0.05, 0.1) is 0 Å². The average molecular weight is 440 g/mol. The Morgan fingerprint density at radius 3 is 2.58 bits per heavy atom. The highest BCUT2D eigenvalue weighted by atomic mass is 16.5. The maximum Gasteiger partial charge on any atom is 0.251 e. The van der Waals surface area contributed by atoms with Crippen molar-refractivity contribution in [3.8, 4) is 28.4 Å². The van der Waals surface area contributed by atoms with Crippen molar-refractivity contribution in [2.45, 2.75) is 0 Å². The second-order valence-corrected chi connectivity index (χ2v) is 7.83. The molecular weight excluding hydrogens is 420 g/mol. The third-order valence-corrected chi connectivity index (χ3v) is 5.75. The second kappa shape index (κ2) is 7.56. The van der Waals surface area contributed by atoms with Crippen LogP contribution in [0.4, 0.5) is 0 Å². The third-order valence-electron chi connectivity index (χ3n) is 5.75. The summed E-state index contributed by atoms with van der Waals surface area (Å²) in [5.74, 6) is -0.944. The number of carbonyl (C=O) groups excluding carboxylic acids is 2. The lowest BCUT2D eigenvalue weighted by molar-refractivity contribution is 0.0962. The fourth-order valence-electron chi connectivity index (χ4n) is 4.20. The van der Waals surface area contributed by atoms with Crippen LogP contribution < -0.4 is 10.1 Å². The number of allylic oxidation sites excluding steroid dienone is 1. The van der Waals surface area contributed by atoms with Crippen molar-refractivity contribution in [2.24, 2.45) is 7.05 Å². The number of hydrogen-bond acceptors (Lipinski definition) is 5. The first-order valence-corrected chi connectivity index (χ1v) is 10.3. The number of nitrogens with zero attached hydrogens (tertiary/aromatic N) is 1. The molecular formula is C26H20N2O5. The molecule has 0 aliphatic carbocycles. The molecule has 0 bridgehead atoms. The molecule has 0 unspecified atom stereocenters. The van der Waals surface area contributed by atoms with Gasteiger partial charge in [0.2, 0.25) is 5.78 Å². The first-order valence-electron chi connectivity index (χ1n) is 10.3. The number of phenolic OH excluding ortho intramolecular Hbond substituents is 2. The van der Waals surface area contributed by atoms with Crippen LogP contribution in [0.3, 0.4) is 0 Å². The molecule has 7 nitrogen and oxygen atoms in total. The number of benzene rings is 3. The van der Waals surface area contributed by atoms with E-state index in [1.165, 1.54) is 6.07 Å². The van der Waals surface area contributed by atoms with Crippen LogP contribution >= 0.6 is 0 Å². The smallest absolute Gasteiger partial charge is 0.251 e. The fraction of sp³-hybridized carbons (Fsp3) is 0.0769. The van der Waals surface area contributed by atoms with Crippen molar-refractivity contribution in [3.63, 3.8) is 0 Å². The Kier molecular flexibility index (Phi) is 4.67. The molecule has 0 saturated carbocycles. The Morgan fingerprint density at radius 2 is 1.85 bits per heavy atom. The number of rotatable bonds is 3. The number of amides is 1. The van der Waals surface area contributed by atoms with E-state index in [9.17, 15) is 19.8 Å². The molecule has 7 heteroatoms. The first kappa shape index (κ1) is 20.4. The Bertz CT molecular complexity index is 1480. The van der Waals surface area contributed by atoms with Gasteiger partial charge in [-0.05, 0) is 35.4 Å². The molecule has 1 amide bonds. The van der Waals surface area contributed by atoms with Crippen LogP contribution in [0, 0.1) is 0 Å². The summed E-state index contributed by atoms with van der Waals surface area (Å²) in [6.07, 6.45) is 3.54. The van der Waals surface area contributed by atoms with E-state index in [-0.39, 0.29) is 34.5 Å². The highest BCUT2D eigenvalue weighted by Crippen LogP contribution is 2.41. The zero-order valence-corrected chi connectivity index (χ0v) is 17.9. The van der Waals surface area contributed by atoms with Crippen LogP contribution in [0.2, 0.25) is 0 Å². The Hall–Kier alpha value is -4.52. The largest absolute Gasteiger partial charge is 0.508 e. The molecule has 3 N–H and O–H groups in total. The summed E-state index contributed by atoms with van der Waals surface area (Å²) in [6, 6.07) is 15.6. The summed E-state index contributed by atoms with van der Waals surface area (Å²) >= 11 is 0. The number of fused-ring (bicyclic) bond motifs is 2. The summed E-state index contributed by atoms with van der Waals surface area (Å²) in [7, 11) is 3.51. The Labute approximate surface area is 189 Å². The molecule has 4 aromatic rings. The highest BCUT2D eigenvalue weighted by Gasteiger charge is 2.31. The molecule has 0 atom stereocenters. The predicted molar refractivity (Wildman–Crippen MR) is 124 cm³/mol. The van der Waals surface area contributed by atoms with Crippen molar-refractivity contribution in [3.05, 3.63) is 83.2 Å². The number of aromatic nitrogens is 1. The molecule has 164 valence electrons. The molecule has 0 spiro atoms. The molecule has 1 aliphatic heterocycles. The fourth-order valence-corrected chi connectivity index (χ4v) is 4.20. The van der Waals surface area contributed by atoms with Gasteiger partial charge in [-0.3, -0.25) is 9.59 Å². The third kappa shape index (κ3) is 3.30. The van der Waals surface area contributed by atoms with E-state index in [4.69, 9.17) is 4.74 Å². The number of ether oxygens (including phenoxy) is 1. The van der Waals surface area contributed by atoms with Crippen LogP contribution in [0.1, 0.15) is 26.3 Å². The van der Waals surface area contributed by atoms with Gasteiger partial charge in [0, 0.05) is 54.5 Å². The molecule has 0 radical (unpaired) electrons. The summed E-state index contributed by atoms with van der Waals surface area (Å²) in [5.41, 5.74) is 4.17. The van der Waals surface area contributed by atoms with Gasteiger partial charge < -0.3 is 24.8 Å². The maximum absolute atomic E-state index is 12.9. The molecule has 33 heavy (non-hydrogen) atoms. The summed E-state index contributed by atoms with van der Waals surface area (Å²) in [6.45, 7) is 0. The standard InChI is InChI=1S/C26H20N2O5/c1-27-26(32)15-8-6-14(7-9-15)18-4-3-5-19-23(18)16(13-28(19)2)10-22-25(31)24-20(30)11-17(29)12-21(24)33-22/h3-13,29-30H,1-2H3,(H,27,32). The molecule has 2 heterocycles. The lowest BCUT2D eigenvalue weighted by Crippen LogP contribution is -2.17. The molecule has 0 fully saturated rings. The van der Waals surface area contributed by atoms with Gasteiger partial charge in [-0.2, -0.15) is 0 Å². The van der Waals surface area contributed by atoms with E-state index >= 15 is 0 Å². The topological polar surface area (TPSA) is 101 Å². The number of carbonyl (C=O) groups is 2. The van der Waals surface area contributed by atoms with Gasteiger partial charge in [-0.25, -0.2) is 0 Å². The van der Waals surface area contributed by atoms with Gasteiger partial charge in [-0.1, -0.05) is 24.3 Å². The molecule has 1 aliphatic rings. The summed E-state index contributed by atoms with van der Waals surface area (Å²) in [4.78, 5) is 24.8. The van der Waals surface area contributed by atoms with Crippen molar-refractivity contribution in [1.29, 1.82) is 0 Å². The lowest BCUT2D eigenvalue weighted by Gasteiger charge is -2.07. The zero-order valence-electron chi connectivity index (χ0n) is 17.9. The monoisotopic (exact) mass is 440 g/mol. The quantitative estimate of drug-likeness (QED) is 0.414. The Balaban J connectivity index is 1.63. The minimum atomic E-state index is -0.452. The van der Waals surface area contributed by atoms with Gasteiger partial charge in [0.1, 0.15) is 22.8 Å². The molecule has 1 aromatic heterocycles. The highest BCUT2D eigenvalue weighted by molar-refractivity contribution is 6.17. The second-order valence-electron chi connectivity index (χ2n) is 7.83. The number of hydrogen-bond donors (Lipinski definition) is 3. The van der Waals surface area contributed by atoms with Gasteiger partial charge in [0.15, 0.2) is 5.76 Å². The molecule has 3 aromatic carbocycles. The van der Waals surface area contributed by atoms with E-state index in [0.717, 1.165) is 33.7 Å². The van der Waals surface area contributed by atoms with Crippen molar-refractivity contribution in [2.75, 3.05) is 7.05 Å². The number of aryl methyl sites for hydroxylation is 1. The van der Waals surface area contributed by atoms with Crippen LogP contribution in [0.25, 0.3) is 28.1 Å². The maximum atomic E-state index is 12.9. The van der Waals surface area contributed by atoms with Crippen LogP contribution in [0.15, 0.2) is 66.6 Å². The van der Waals surface area contributed by atoms with Crippen molar-refractivity contribution < 1.29 is 24.5 Å². The number of ketones is 1. The minimum Gasteiger partial charge on any atom is -0.508 e. The predicted octanol–water partition coefficient (Wildman–Crippen LogP) is 4.23. The molecule has 0 saturated heterocycles. The normalized spacial score (nSPS) is 13.9. The number of nitrogens with one attached hydrogen (secondary N) is 1. The Morgan fingerprint density at radius 1 is 1.09 bits per heavy atom. The lowest BCUT2D eigenvalue weighted by atomic mass is 9.97. The van der Waals surface area contributed by atoms with Crippen LogP contribution in [0.5, 0.6) is 17.2 Å². The minimum absolute atomic E-state index is 0.0318. The zero-order chi connectivity index (χ0) is 23.3. The van der Waals surface area contributed by atoms with Gasteiger partial charge in [0.25, 0.3) is 5.91 Å².